The van der Waals surface area contributed by atoms with E-state index in [1.54, 1.807) is 16.4 Å². The first-order chi connectivity index (χ1) is 8.59. The second kappa shape index (κ2) is 5.69. The van der Waals surface area contributed by atoms with Gasteiger partial charge in [0.2, 0.25) is 0 Å². The van der Waals surface area contributed by atoms with Crippen LogP contribution in [0.25, 0.3) is 0 Å². The molecule has 1 aromatic rings. The molecule has 0 radical (unpaired) electrons. The fourth-order valence-corrected chi connectivity index (χ4v) is 5.14. The van der Waals surface area contributed by atoms with Crippen LogP contribution in [0.3, 0.4) is 0 Å². The van der Waals surface area contributed by atoms with Gasteiger partial charge >= 0.3 is 0 Å². The van der Waals surface area contributed by atoms with Gasteiger partial charge in [-0.15, -0.1) is 11.3 Å². The number of nitrogens with zero attached hydrogens (tertiary/aromatic N) is 2. The molecule has 0 saturated carbocycles. The summed E-state index contributed by atoms with van der Waals surface area (Å²) in [6, 6.07) is 3.84. The van der Waals surface area contributed by atoms with Gasteiger partial charge in [0.05, 0.1) is 0 Å². The van der Waals surface area contributed by atoms with Gasteiger partial charge in [0.1, 0.15) is 4.21 Å². The molecule has 2 heterocycles. The molecule has 1 atom stereocenters. The predicted octanol–water partition coefficient (Wildman–Crippen LogP) is 1.85. The van der Waals surface area contributed by atoms with Crippen LogP contribution in [0.2, 0.25) is 0 Å². The van der Waals surface area contributed by atoms with Gasteiger partial charge in [-0.3, -0.25) is 4.90 Å². The Hall–Kier alpha value is -0.430. The fraction of sp³-hybridized carbons (Fsp3) is 0.667. The van der Waals surface area contributed by atoms with Crippen molar-refractivity contribution >= 4 is 21.4 Å². The average molecular weight is 288 g/mol. The quantitative estimate of drug-likeness (QED) is 0.830. The zero-order valence-corrected chi connectivity index (χ0v) is 12.5. The maximum atomic E-state index is 12.4. The monoisotopic (exact) mass is 288 g/mol. The van der Waals surface area contributed by atoms with Crippen LogP contribution < -0.4 is 0 Å². The third-order valence-electron chi connectivity index (χ3n) is 3.54. The van der Waals surface area contributed by atoms with Gasteiger partial charge in [-0.1, -0.05) is 19.9 Å². The summed E-state index contributed by atoms with van der Waals surface area (Å²) in [6.07, 6.45) is 0.937. The lowest BCUT2D eigenvalue weighted by Gasteiger charge is -2.25. The minimum Gasteiger partial charge on any atom is -0.300 e. The molecule has 1 saturated heterocycles. The summed E-state index contributed by atoms with van der Waals surface area (Å²) in [5.74, 6) is 0. The van der Waals surface area contributed by atoms with Crippen molar-refractivity contribution in [3.63, 3.8) is 0 Å². The van der Waals surface area contributed by atoms with Crippen LogP contribution >= 0.6 is 11.3 Å². The number of hydrogen-bond acceptors (Lipinski definition) is 4. The fourth-order valence-electron chi connectivity index (χ4n) is 2.50. The van der Waals surface area contributed by atoms with Crippen molar-refractivity contribution in [2.45, 2.75) is 30.5 Å². The van der Waals surface area contributed by atoms with E-state index < -0.39 is 10.0 Å². The molecular formula is C12H20N2O2S2. The molecule has 1 aliphatic rings. The van der Waals surface area contributed by atoms with Crippen molar-refractivity contribution in [1.82, 2.24) is 9.21 Å². The molecule has 1 aromatic heterocycles. The van der Waals surface area contributed by atoms with Crippen molar-refractivity contribution < 1.29 is 8.42 Å². The predicted molar refractivity (Wildman–Crippen MR) is 74.4 cm³/mol. The van der Waals surface area contributed by atoms with Crippen molar-refractivity contribution in [3.05, 3.63) is 17.5 Å². The summed E-state index contributed by atoms with van der Waals surface area (Å²) in [4.78, 5) is 2.34. The molecular weight excluding hydrogens is 268 g/mol. The molecule has 4 nitrogen and oxygen atoms in total. The highest BCUT2D eigenvalue weighted by atomic mass is 32.2. The highest BCUT2D eigenvalue weighted by molar-refractivity contribution is 7.91. The largest absolute Gasteiger partial charge is 0.300 e. The van der Waals surface area contributed by atoms with E-state index in [0.717, 1.165) is 19.5 Å². The second-order valence-corrected chi connectivity index (χ2v) is 7.57. The molecule has 1 unspecified atom stereocenters. The summed E-state index contributed by atoms with van der Waals surface area (Å²) in [6.45, 7) is 7.48. The Morgan fingerprint density at radius 3 is 2.72 bits per heavy atom. The number of rotatable bonds is 5. The highest BCUT2D eigenvalue weighted by Gasteiger charge is 2.34. The molecule has 0 N–H and O–H groups in total. The number of sulfonamides is 1. The highest BCUT2D eigenvalue weighted by Crippen LogP contribution is 2.26. The molecule has 0 aliphatic carbocycles. The van der Waals surface area contributed by atoms with Crippen LogP contribution in [0.1, 0.15) is 20.3 Å². The van der Waals surface area contributed by atoms with E-state index in [2.05, 4.69) is 18.7 Å². The van der Waals surface area contributed by atoms with Gasteiger partial charge in [0.25, 0.3) is 10.0 Å². The first-order valence-electron chi connectivity index (χ1n) is 6.37. The van der Waals surface area contributed by atoms with E-state index in [1.807, 2.05) is 5.38 Å². The molecule has 6 heteroatoms. The van der Waals surface area contributed by atoms with Crippen LogP contribution in [0, 0.1) is 0 Å². The molecule has 1 fully saturated rings. The molecule has 2 rings (SSSR count). The Labute approximate surface area is 113 Å². The maximum Gasteiger partial charge on any atom is 0.252 e. The lowest BCUT2D eigenvalue weighted by molar-refractivity contribution is 0.225. The minimum absolute atomic E-state index is 0.370. The van der Waals surface area contributed by atoms with Crippen molar-refractivity contribution in [3.8, 4) is 0 Å². The Balaban J connectivity index is 2.09. The van der Waals surface area contributed by atoms with Gasteiger partial charge in [0, 0.05) is 19.1 Å². The van der Waals surface area contributed by atoms with Crippen LogP contribution in [0.5, 0.6) is 0 Å². The zero-order valence-electron chi connectivity index (χ0n) is 10.9. The van der Waals surface area contributed by atoms with Gasteiger partial charge in [-0.05, 0) is 31.0 Å². The Morgan fingerprint density at radius 1 is 1.44 bits per heavy atom. The topological polar surface area (TPSA) is 40.6 Å². The SMILES string of the molecule is CCN(CC)C1CCN(S(=O)(=O)c2cccs2)C1. The number of hydrogen-bond donors (Lipinski definition) is 0. The van der Waals surface area contributed by atoms with Gasteiger partial charge in [-0.2, -0.15) is 4.31 Å². The lowest BCUT2D eigenvalue weighted by Crippen LogP contribution is -2.38. The smallest absolute Gasteiger partial charge is 0.252 e. The third-order valence-corrected chi connectivity index (χ3v) is 6.78. The second-order valence-electron chi connectivity index (χ2n) is 4.46. The van der Waals surface area contributed by atoms with Gasteiger partial charge < -0.3 is 0 Å². The van der Waals surface area contributed by atoms with E-state index >= 15 is 0 Å². The summed E-state index contributed by atoms with van der Waals surface area (Å²) in [5.41, 5.74) is 0. The first kappa shape index (κ1) is 14.0. The van der Waals surface area contributed by atoms with Crippen molar-refractivity contribution in [1.29, 1.82) is 0 Å². The zero-order chi connectivity index (χ0) is 13.2. The Kier molecular flexibility index (Phi) is 4.42. The molecule has 18 heavy (non-hydrogen) atoms. The molecule has 0 bridgehead atoms. The average Bonchev–Trinajstić information content (AvgIpc) is 3.02. The van der Waals surface area contributed by atoms with E-state index in [0.29, 0.717) is 23.3 Å². The maximum absolute atomic E-state index is 12.4. The van der Waals surface area contributed by atoms with Crippen LogP contribution in [-0.4, -0.2) is 49.8 Å². The summed E-state index contributed by atoms with van der Waals surface area (Å²) in [7, 11) is -3.25. The van der Waals surface area contributed by atoms with Gasteiger partial charge in [-0.25, -0.2) is 8.42 Å². The first-order valence-corrected chi connectivity index (χ1v) is 8.69. The minimum atomic E-state index is -3.25. The number of likely N-dealkylation sites (N-methyl/N-ethyl adjacent to an activating group) is 1. The third kappa shape index (κ3) is 2.61. The van der Waals surface area contributed by atoms with E-state index in [9.17, 15) is 8.42 Å². The van der Waals surface area contributed by atoms with E-state index in [-0.39, 0.29) is 0 Å². The normalized spacial score (nSPS) is 21.8. The molecule has 102 valence electrons. The van der Waals surface area contributed by atoms with Crippen molar-refractivity contribution in [2.75, 3.05) is 26.2 Å². The van der Waals surface area contributed by atoms with E-state index in [1.165, 1.54) is 11.3 Å². The van der Waals surface area contributed by atoms with Crippen LogP contribution in [0.15, 0.2) is 21.7 Å². The van der Waals surface area contributed by atoms with E-state index in [4.69, 9.17) is 0 Å². The van der Waals surface area contributed by atoms with Crippen LogP contribution in [0.4, 0.5) is 0 Å². The lowest BCUT2D eigenvalue weighted by atomic mass is 10.2. The summed E-state index contributed by atoms with van der Waals surface area (Å²) in [5, 5.41) is 1.81. The molecule has 0 amide bonds. The van der Waals surface area contributed by atoms with Crippen LogP contribution in [-0.2, 0) is 10.0 Å². The van der Waals surface area contributed by atoms with Gasteiger partial charge in [0.15, 0.2) is 0 Å². The molecule has 1 aliphatic heterocycles. The standard InChI is InChI=1S/C12H20N2O2S2/c1-3-13(4-2)11-7-8-14(10-11)18(15,16)12-6-5-9-17-12/h5-6,9,11H,3-4,7-8,10H2,1-2H3. The summed E-state index contributed by atoms with van der Waals surface area (Å²) < 4.78 is 26.8. The van der Waals surface area contributed by atoms with Crippen molar-refractivity contribution in [2.24, 2.45) is 0 Å². The molecule has 0 aromatic carbocycles. The summed E-state index contributed by atoms with van der Waals surface area (Å²) >= 11 is 1.29. The molecule has 0 spiro atoms. The Bertz CT molecular complexity index is 466. The Morgan fingerprint density at radius 2 is 2.17 bits per heavy atom. The number of thiophene rings is 1.